The van der Waals surface area contributed by atoms with Gasteiger partial charge in [0.05, 0.1) is 30.0 Å². The van der Waals surface area contributed by atoms with Gasteiger partial charge in [-0.2, -0.15) is 0 Å². The second-order valence-corrected chi connectivity index (χ2v) is 9.85. The zero-order chi connectivity index (χ0) is 20.0. The van der Waals surface area contributed by atoms with Crippen LogP contribution in [0.4, 0.5) is 4.79 Å². The van der Waals surface area contributed by atoms with E-state index >= 15 is 0 Å². The molecule has 1 aromatic heterocycles. The van der Waals surface area contributed by atoms with Gasteiger partial charge in [0.25, 0.3) is 0 Å². The highest BCUT2D eigenvalue weighted by Crippen LogP contribution is 2.37. The van der Waals surface area contributed by atoms with Crippen molar-refractivity contribution in [3.05, 3.63) is 10.4 Å². The first-order valence-corrected chi connectivity index (χ1v) is 10.2. The highest BCUT2D eigenvalue weighted by atomic mass is 32.1. The second kappa shape index (κ2) is 7.02. The minimum absolute atomic E-state index is 0.269. The van der Waals surface area contributed by atoms with Crippen molar-refractivity contribution in [3.63, 3.8) is 0 Å². The van der Waals surface area contributed by atoms with E-state index in [0.717, 1.165) is 10.6 Å². The maximum absolute atomic E-state index is 12.6. The van der Waals surface area contributed by atoms with Gasteiger partial charge in [0.15, 0.2) is 0 Å². The Labute approximate surface area is 165 Å². The van der Waals surface area contributed by atoms with E-state index in [2.05, 4.69) is 0 Å². The van der Waals surface area contributed by atoms with Crippen LogP contribution in [0.1, 0.15) is 59.5 Å². The van der Waals surface area contributed by atoms with E-state index in [1.54, 1.807) is 4.90 Å². The molecule has 150 valence electrons. The Kier molecular flexibility index (Phi) is 5.35. The number of ether oxygens (including phenoxy) is 2. The Bertz CT molecular complexity index is 684. The van der Waals surface area contributed by atoms with Gasteiger partial charge in [0.2, 0.25) is 0 Å². The summed E-state index contributed by atoms with van der Waals surface area (Å²) in [6.07, 6.45) is -0.344. The highest BCUT2D eigenvalue weighted by molar-refractivity contribution is 7.10. The van der Waals surface area contributed by atoms with Crippen LogP contribution in [0.25, 0.3) is 0 Å². The zero-order valence-corrected chi connectivity index (χ0v) is 18.0. The van der Waals surface area contributed by atoms with Crippen molar-refractivity contribution in [2.24, 2.45) is 0 Å². The summed E-state index contributed by atoms with van der Waals surface area (Å²) in [6, 6.07) is -0.269. The molecule has 0 N–H and O–H groups in total. The lowest BCUT2D eigenvalue weighted by molar-refractivity contribution is -0.0331. The fraction of sp³-hybridized carbons (Fsp3) is 0.778. The largest absolute Gasteiger partial charge is 0.515 e. The molecular formula is C18H29BN2O5S. The smallest absolute Gasteiger partial charge is 0.444 e. The summed E-state index contributed by atoms with van der Waals surface area (Å²) in [7, 11) is -0.514. The number of rotatable bonds is 2. The molecule has 1 atom stereocenters. The van der Waals surface area contributed by atoms with E-state index in [1.165, 1.54) is 11.3 Å². The minimum atomic E-state index is -0.545. The minimum Gasteiger partial charge on any atom is -0.444 e. The van der Waals surface area contributed by atoms with E-state index < -0.39 is 23.9 Å². The number of morpholine rings is 1. The van der Waals surface area contributed by atoms with Gasteiger partial charge in [-0.15, -0.1) is 11.3 Å². The molecule has 9 heteroatoms. The van der Waals surface area contributed by atoms with Crippen LogP contribution in [0, 0.1) is 0 Å². The summed E-state index contributed by atoms with van der Waals surface area (Å²) in [5, 5.41) is 2.73. The fourth-order valence-corrected chi connectivity index (χ4v) is 3.79. The molecule has 3 heterocycles. The van der Waals surface area contributed by atoms with Crippen LogP contribution in [0.3, 0.4) is 0 Å². The molecular weight excluding hydrogens is 367 g/mol. The molecule has 0 spiro atoms. The Hall–Kier alpha value is -1.16. The number of aromatic nitrogens is 1. The summed E-state index contributed by atoms with van der Waals surface area (Å²) < 4.78 is 23.3. The number of nitrogens with zero attached hydrogens (tertiary/aromatic N) is 2. The van der Waals surface area contributed by atoms with Crippen LogP contribution >= 0.6 is 11.3 Å². The first kappa shape index (κ1) is 20.6. The number of carbonyl (C=O) groups excluding carboxylic acids is 1. The van der Waals surface area contributed by atoms with Crippen molar-refractivity contribution in [2.75, 3.05) is 19.8 Å². The van der Waals surface area contributed by atoms with Gasteiger partial charge in [-0.25, -0.2) is 9.78 Å². The van der Waals surface area contributed by atoms with E-state index in [9.17, 15) is 4.79 Å². The standard InChI is InChI=1S/C18H29BN2O5S/c1-16(2,3)24-15(22)21-8-9-23-10-12(21)14-20-13(11-27-14)19-25-17(4,5)18(6,7)26-19/h11-12H,8-10H2,1-7H3. The van der Waals surface area contributed by atoms with Crippen molar-refractivity contribution in [2.45, 2.75) is 71.3 Å². The second-order valence-electron chi connectivity index (χ2n) is 8.96. The number of thiazole rings is 1. The molecule has 2 aliphatic rings. The van der Waals surface area contributed by atoms with Gasteiger partial charge < -0.3 is 18.8 Å². The van der Waals surface area contributed by atoms with Crippen LogP contribution < -0.4 is 5.59 Å². The molecule has 1 unspecified atom stereocenters. The molecule has 0 radical (unpaired) electrons. The first-order chi connectivity index (χ1) is 12.4. The Morgan fingerprint density at radius 2 is 1.93 bits per heavy atom. The van der Waals surface area contributed by atoms with Gasteiger partial charge >= 0.3 is 13.2 Å². The van der Waals surface area contributed by atoms with Crippen molar-refractivity contribution < 1.29 is 23.6 Å². The molecule has 0 aliphatic carbocycles. The molecule has 0 bridgehead atoms. The van der Waals surface area contributed by atoms with Crippen molar-refractivity contribution in [1.29, 1.82) is 0 Å². The predicted molar refractivity (Wildman–Crippen MR) is 104 cm³/mol. The van der Waals surface area contributed by atoms with E-state index in [4.69, 9.17) is 23.8 Å². The number of amides is 1. The average molecular weight is 396 g/mol. The lowest BCUT2D eigenvalue weighted by Crippen LogP contribution is -2.46. The predicted octanol–water partition coefficient (Wildman–Crippen LogP) is 2.75. The van der Waals surface area contributed by atoms with Gasteiger partial charge in [-0.1, -0.05) is 0 Å². The third-order valence-electron chi connectivity index (χ3n) is 5.08. The number of carbonyl (C=O) groups is 1. The topological polar surface area (TPSA) is 70.1 Å². The van der Waals surface area contributed by atoms with Crippen LogP contribution in [0.2, 0.25) is 0 Å². The Morgan fingerprint density at radius 1 is 1.30 bits per heavy atom. The van der Waals surface area contributed by atoms with Crippen LogP contribution in [0.15, 0.2) is 5.38 Å². The Balaban J connectivity index is 1.77. The van der Waals surface area contributed by atoms with Crippen LogP contribution in [0.5, 0.6) is 0 Å². The molecule has 2 aliphatic heterocycles. The van der Waals surface area contributed by atoms with Gasteiger partial charge in [-0.05, 0) is 48.5 Å². The monoisotopic (exact) mass is 396 g/mol. The molecule has 1 amide bonds. The molecule has 3 rings (SSSR count). The van der Waals surface area contributed by atoms with Gasteiger partial charge in [-0.3, -0.25) is 4.90 Å². The van der Waals surface area contributed by atoms with Gasteiger partial charge in [0.1, 0.15) is 16.7 Å². The molecule has 1 aromatic rings. The van der Waals surface area contributed by atoms with Crippen LogP contribution in [-0.2, 0) is 18.8 Å². The van der Waals surface area contributed by atoms with E-state index in [0.29, 0.717) is 19.8 Å². The molecule has 2 saturated heterocycles. The molecule has 0 saturated carbocycles. The average Bonchev–Trinajstić information content (AvgIpc) is 3.09. The summed E-state index contributed by atoms with van der Waals surface area (Å²) in [4.78, 5) is 19.0. The lowest BCUT2D eigenvalue weighted by Gasteiger charge is -2.35. The lowest BCUT2D eigenvalue weighted by atomic mass is 9.86. The normalized spacial score (nSPS) is 24.9. The van der Waals surface area contributed by atoms with Crippen LogP contribution in [-0.4, -0.2) is 59.7 Å². The summed E-state index contributed by atoms with van der Waals surface area (Å²) >= 11 is 1.48. The Morgan fingerprint density at radius 3 is 2.52 bits per heavy atom. The summed E-state index contributed by atoms with van der Waals surface area (Å²) in [5.74, 6) is 0. The maximum atomic E-state index is 12.6. The number of hydrogen-bond donors (Lipinski definition) is 0. The summed E-state index contributed by atoms with van der Waals surface area (Å²) in [6.45, 7) is 15.0. The van der Waals surface area contributed by atoms with E-state index in [-0.39, 0.29) is 12.1 Å². The van der Waals surface area contributed by atoms with E-state index in [1.807, 2.05) is 53.8 Å². The maximum Gasteiger partial charge on any atom is 0.515 e. The zero-order valence-electron chi connectivity index (χ0n) is 17.2. The quantitative estimate of drug-likeness (QED) is 0.716. The first-order valence-electron chi connectivity index (χ1n) is 9.28. The van der Waals surface area contributed by atoms with Crippen molar-refractivity contribution in [3.8, 4) is 0 Å². The summed E-state index contributed by atoms with van der Waals surface area (Å²) in [5.41, 5.74) is -0.657. The SMILES string of the molecule is CC(C)(C)OC(=O)N1CCOCC1c1nc(B2OC(C)(C)C(C)(C)O2)cs1. The third-order valence-corrected chi connectivity index (χ3v) is 6.04. The molecule has 27 heavy (non-hydrogen) atoms. The van der Waals surface area contributed by atoms with Crippen molar-refractivity contribution in [1.82, 2.24) is 9.88 Å². The number of hydrogen-bond acceptors (Lipinski definition) is 7. The van der Waals surface area contributed by atoms with Gasteiger partial charge in [0, 0.05) is 11.9 Å². The molecule has 2 fully saturated rings. The van der Waals surface area contributed by atoms with Crippen molar-refractivity contribution >= 4 is 30.1 Å². The fourth-order valence-electron chi connectivity index (χ4n) is 2.87. The highest BCUT2D eigenvalue weighted by Gasteiger charge is 2.52. The molecule has 7 nitrogen and oxygen atoms in total. The molecule has 0 aromatic carbocycles. The third kappa shape index (κ3) is 4.31.